The van der Waals surface area contributed by atoms with Crippen molar-refractivity contribution in [3.05, 3.63) is 72.2 Å². The van der Waals surface area contributed by atoms with Crippen molar-refractivity contribution in [3.8, 4) is 10.7 Å². The molecule has 1 aliphatic heterocycles. The molecule has 5 nitrogen and oxygen atoms in total. The Morgan fingerprint density at radius 1 is 1.00 bits per heavy atom. The van der Waals surface area contributed by atoms with E-state index in [-0.39, 0.29) is 5.91 Å². The molecule has 0 spiro atoms. The zero-order chi connectivity index (χ0) is 18.2. The van der Waals surface area contributed by atoms with Crippen LogP contribution in [0.5, 0.6) is 0 Å². The van der Waals surface area contributed by atoms with Crippen molar-refractivity contribution in [3.63, 3.8) is 0 Å². The van der Waals surface area contributed by atoms with Gasteiger partial charge < -0.3 is 4.90 Å². The molecule has 1 aliphatic rings. The third-order valence-electron chi connectivity index (χ3n) is 4.75. The van der Waals surface area contributed by atoms with Crippen LogP contribution in [-0.2, 0) is 6.42 Å². The number of carbonyl (C=O) groups is 1. The molecule has 0 aliphatic carbocycles. The first kappa shape index (κ1) is 16.1. The number of hydrogen-bond donors (Lipinski definition) is 0. The SMILES string of the molecule is O=C(c1nccnc1-c1nc2ccccc2s1)N1CCCc2ccccc21. The van der Waals surface area contributed by atoms with Crippen molar-refractivity contribution in [2.45, 2.75) is 12.8 Å². The molecule has 0 radical (unpaired) electrons. The number of aromatic nitrogens is 3. The molecule has 0 fully saturated rings. The predicted molar refractivity (Wildman–Crippen MR) is 107 cm³/mol. The number of thiazole rings is 1. The van der Waals surface area contributed by atoms with Gasteiger partial charge in [0.1, 0.15) is 10.7 Å². The lowest BCUT2D eigenvalue weighted by atomic mass is 10.0. The van der Waals surface area contributed by atoms with Crippen LogP contribution < -0.4 is 4.90 Å². The standard InChI is InChI=1S/C21H16N4OS/c26-21(25-13-5-7-14-6-1-3-9-16(14)25)19-18(22-11-12-23-19)20-24-15-8-2-4-10-17(15)27-20/h1-4,6,8-12H,5,7,13H2. The highest BCUT2D eigenvalue weighted by Gasteiger charge is 2.27. The van der Waals surface area contributed by atoms with E-state index in [1.54, 1.807) is 12.4 Å². The normalized spacial score (nSPS) is 13.6. The van der Waals surface area contributed by atoms with Gasteiger partial charge in [0.25, 0.3) is 5.91 Å². The van der Waals surface area contributed by atoms with Crippen molar-refractivity contribution in [1.29, 1.82) is 0 Å². The van der Waals surface area contributed by atoms with E-state index >= 15 is 0 Å². The Morgan fingerprint density at radius 3 is 2.74 bits per heavy atom. The van der Waals surface area contributed by atoms with Gasteiger partial charge in [-0.1, -0.05) is 30.3 Å². The summed E-state index contributed by atoms with van der Waals surface area (Å²) < 4.78 is 1.07. The second kappa shape index (κ2) is 6.55. The maximum absolute atomic E-state index is 13.4. The Kier molecular flexibility index (Phi) is 3.90. The molecule has 6 heteroatoms. The molecular weight excluding hydrogens is 356 g/mol. The van der Waals surface area contributed by atoms with E-state index < -0.39 is 0 Å². The first-order valence-electron chi connectivity index (χ1n) is 8.88. The number of fused-ring (bicyclic) bond motifs is 2. The average Bonchev–Trinajstić information content (AvgIpc) is 3.17. The molecule has 2 aromatic heterocycles. The summed E-state index contributed by atoms with van der Waals surface area (Å²) >= 11 is 1.53. The minimum atomic E-state index is -0.121. The molecule has 5 rings (SSSR count). The number of benzene rings is 2. The fourth-order valence-corrected chi connectivity index (χ4v) is 4.46. The van der Waals surface area contributed by atoms with Crippen LogP contribution >= 0.6 is 11.3 Å². The van der Waals surface area contributed by atoms with Crippen LogP contribution in [-0.4, -0.2) is 27.4 Å². The first-order chi connectivity index (χ1) is 13.3. The zero-order valence-electron chi connectivity index (χ0n) is 14.5. The summed E-state index contributed by atoms with van der Waals surface area (Å²) in [6.45, 7) is 0.686. The van der Waals surface area contributed by atoms with E-state index in [0.29, 0.717) is 17.9 Å². The molecule has 3 heterocycles. The predicted octanol–water partition coefficient (Wildman–Crippen LogP) is 4.35. The van der Waals surface area contributed by atoms with Crippen molar-refractivity contribution in [2.24, 2.45) is 0 Å². The average molecular weight is 372 g/mol. The highest BCUT2D eigenvalue weighted by molar-refractivity contribution is 7.21. The van der Waals surface area contributed by atoms with Crippen LogP contribution in [0, 0.1) is 0 Å². The zero-order valence-corrected chi connectivity index (χ0v) is 15.3. The number of amides is 1. The molecule has 0 atom stereocenters. The number of aryl methyl sites for hydroxylation is 1. The molecule has 0 unspecified atom stereocenters. The van der Waals surface area contributed by atoms with E-state index in [1.807, 2.05) is 47.4 Å². The molecule has 132 valence electrons. The van der Waals surface area contributed by atoms with E-state index in [1.165, 1.54) is 16.9 Å². The number of nitrogens with zero attached hydrogens (tertiary/aromatic N) is 4. The third-order valence-corrected chi connectivity index (χ3v) is 5.80. The maximum Gasteiger partial charge on any atom is 0.279 e. The summed E-state index contributed by atoms with van der Waals surface area (Å²) in [5.41, 5.74) is 3.97. The van der Waals surface area contributed by atoms with Crippen LogP contribution in [0.3, 0.4) is 0 Å². The minimum absolute atomic E-state index is 0.121. The largest absolute Gasteiger partial charge is 0.307 e. The smallest absolute Gasteiger partial charge is 0.279 e. The summed E-state index contributed by atoms with van der Waals surface area (Å²) in [6.07, 6.45) is 5.12. The van der Waals surface area contributed by atoms with Gasteiger partial charge in [-0.3, -0.25) is 4.79 Å². The monoisotopic (exact) mass is 372 g/mol. The van der Waals surface area contributed by atoms with Gasteiger partial charge in [0.15, 0.2) is 5.69 Å². The number of hydrogen-bond acceptors (Lipinski definition) is 5. The second-order valence-corrected chi connectivity index (χ2v) is 7.46. The number of rotatable bonds is 2. The van der Waals surface area contributed by atoms with Crippen molar-refractivity contribution >= 4 is 33.1 Å². The summed E-state index contributed by atoms with van der Waals surface area (Å²) in [5.74, 6) is -0.121. The van der Waals surface area contributed by atoms with Gasteiger partial charge >= 0.3 is 0 Å². The van der Waals surface area contributed by atoms with Gasteiger partial charge in [-0.15, -0.1) is 11.3 Å². The molecule has 0 saturated heterocycles. The molecule has 0 saturated carbocycles. The first-order valence-corrected chi connectivity index (χ1v) is 9.69. The van der Waals surface area contributed by atoms with Crippen molar-refractivity contribution in [2.75, 3.05) is 11.4 Å². The molecule has 4 aromatic rings. The van der Waals surface area contributed by atoms with E-state index in [0.717, 1.165) is 33.8 Å². The summed E-state index contributed by atoms with van der Waals surface area (Å²) in [6, 6.07) is 16.0. The fourth-order valence-electron chi connectivity index (χ4n) is 3.50. The Morgan fingerprint density at radius 2 is 1.81 bits per heavy atom. The third kappa shape index (κ3) is 2.78. The van der Waals surface area contributed by atoms with Gasteiger partial charge in [-0.05, 0) is 36.6 Å². The van der Waals surface area contributed by atoms with Gasteiger partial charge in [-0.25, -0.2) is 15.0 Å². The molecule has 2 aromatic carbocycles. The highest BCUT2D eigenvalue weighted by Crippen LogP contribution is 2.32. The maximum atomic E-state index is 13.4. The highest BCUT2D eigenvalue weighted by atomic mass is 32.1. The lowest BCUT2D eigenvalue weighted by Gasteiger charge is -2.29. The number of para-hydroxylation sites is 2. The van der Waals surface area contributed by atoms with Gasteiger partial charge in [0, 0.05) is 24.6 Å². The van der Waals surface area contributed by atoms with E-state index in [2.05, 4.69) is 21.0 Å². The van der Waals surface area contributed by atoms with Crippen molar-refractivity contribution < 1.29 is 4.79 Å². The van der Waals surface area contributed by atoms with E-state index in [4.69, 9.17) is 0 Å². The lowest BCUT2D eigenvalue weighted by Crippen LogP contribution is -2.36. The minimum Gasteiger partial charge on any atom is -0.307 e. The summed E-state index contributed by atoms with van der Waals surface area (Å²) in [5, 5.41) is 0.720. The van der Waals surface area contributed by atoms with Crippen LogP contribution in [0.25, 0.3) is 20.9 Å². The Hall–Kier alpha value is -3.12. The molecule has 27 heavy (non-hydrogen) atoms. The lowest BCUT2D eigenvalue weighted by molar-refractivity contribution is 0.0980. The molecule has 0 bridgehead atoms. The van der Waals surface area contributed by atoms with Crippen molar-refractivity contribution in [1.82, 2.24) is 15.0 Å². The van der Waals surface area contributed by atoms with Gasteiger partial charge in [-0.2, -0.15) is 0 Å². The van der Waals surface area contributed by atoms with Crippen LogP contribution in [0.15, 0.2) is 60.9 Å². The van der Waals surface area contributed by atoms with Gasteiger partial charge in [0.2, 0.25) is 0 Å². The molecular formula is C21H16N4OS. The van der Waals surface area contributed by atoms with Crippen LogP contribution in [0.2, 0.25) is 0 Å². The van der Waals surface area contributed by atoms with Crippen LogP contribution in [0.1, 0.15) is 22.5 Å². The number of anilines is 1. The van der Waals surface area contributed by atoms with Crippen LogP contribution in [0.4, 0.5) is 5.69 Å². The quantitative estimate of drug-likeness (QED) is 0.525. The fraction of sp³-hybridized carbons (Fsp3) is 0.143. The number of carbonyl (C=O) groups excluding carboxylic acids is 1. The Labute approximate surface area is 160 Å². The summed E-state index contributed by atoms with van der Waals surface area (Å²) in [7, 11) is 0. The molecule has 1 amide bonds. The van der Waals surface area contributed by atoms with E-state index in [9.17, 15) is 4.79 Å². The molecule has 0 N–H and O–H groups in total. The van der Waals surface area contributed by atoms with Gasteiger partial charge in [0.05, 0.1) is 10.2 Å². The second-order valence-electron chi connectivity index (χ2n) is 6.43. The summed E-state index contributed by atoms with van der Waals surface area (Å²) in [4.78, 5) is 28.7. The Bertz CT molecular complexity index is 1120. The topological polar surface area (TPSA) is 59.0 Å². The Balaban J connectivity index is 1.60.